The minimum absolute atomic E-state index is 0.253. The Bertz CT molecular complexity index is 970. The van der Waals surface area contributed by atoms with Gasteiger partial charge in [-0.1, -0.05) is 18.2 Å². The van der Waals surface area contributed by atoms with Crippen molar-refractivity contribution < 1.29 is 18.7 Å². The summed E-state index contributed by atoms with van der Waals surface area (Å²) in [6.07, 6.45) is 0. The number of nitrogens with one attached hydrogen (secondary N) is 2. The summed E-state index contributed by atoms with van der Waals surface area (Å²) < 4.78 is 18.2. The first-order valence-electron chi connectivity index (χ1n) is 8.64. The summed E-state index contributed by atoms with van der Waals surface area (Å²) in [6.45, 7) is 0.329. The standard InChI is InChI=1S/C22H19FN2O3/c1-28-20-5-3-2-4-17(20)14-24-21(26)15-6-8-16(9-7-15)22(27)25-19-12-10-18(23)11-13-19/h2-13H,14H2,1H3,(H,24,26)(H,25,27). The fourth-order valence-corrected chi connectivity index (χ4v) is 2.64. The van der Waals surface area contributed by atoms with Crippen molar-refractivity contribution in [1.29, 1.82) is 0 Å². The lowest BCUT2D eigenvalue weighted by Crippen LogP contribution is -2.23. The Morgan fingerprint density at radius 2 is 1.46 bits per heavy atom. The molecule has 3 aromatic carbocycles. The summed E-state index contributed by atoms with van der Waals surface area (Å²) in [5.74, 6) is -0.263. The maximum absolute atomic E-state index is 12.9. The molecule has 0 aliphatic heterocycles. The highest BCUT2D eigenvalue weighted by Crippen LogP contribution is 2.17. The molecular formula is C22H19FN2O3. The Hall–Kier alpha value is -3.67. The van der Waals surface area contributed by atoms with E-state index in [1.807, 2.05) is 24.3 Å². The summed E-state index contributed by atoms with van der Waals surface area (Å²) in [5, 5.41) is 5.50. The molecule has 0 atom stereocenters. The lowest BCUT2D eigenvalue weighted by molar-refractivity contribution is 0.0949. The molecule has 0 aliphatic rings. The molecule has 2 amide bonds. The third-order valence-electron chi connectivity index (χ3n) is 4.14. The molecule has 5 nitrogen and oxygen atoms in total. The van der Waals surface area contributed by atoms with Crippen LogP contribution in [-0.2, 0) is 6.54 Å². The van der Waals surface area contributed by atoms with Gasteiger partial charge in [-0.15, -0.1) is 0 Å². The molecule has 142 valence electrons. The van der Waals surface area contributed by atoms with Gasteiger partial charge in [0.1, 0.15) is 11.6 Å². The number of benzene rings is 3. The third kappa shape index (κ3) is 4.73. The molecule has 0 bridgehead atoms. The van der Waals surface area contributed by atoms with E-state index < -0.39 is 0 Å². The van der Waals surface area contributed by atoms with E-state index in [0.717, 1.165) is 5.56 Å². The third-order valence-corrected chi connectivity index (χ3v) is 4.14. The second kappa shape index (κ2) is 8.81. The van der Waals surface area contributed by atoms with Crippen LogP contribution < -0.4 is 15.4 Å². The van der Waals surface area contributed by atoms with Gasteiger partial charge in [-0.3, -0.25) is 9.59 Å². The van der Waals surface area contributed by atoms with Crippen molar-refractivity contribution in [2.24, 2.45) is 0 Å². The van der Waals surface area contributed by atoms with Gasteiger partial charge in [0.05, 0.1) is 7.11 Å². The van der Waals surface area contributed by atoms with Crippen LogP contribution in [0.1, 0.15) is 26.3 Å². The van der Waals surface area contributed by atoms with Crippen LogP contribution in [0.4, 0.5) is 10.1 Å². The molecule has 0 fully saturated rings. The van der Waals surface area contributed by atoms with Gasteiger partial charge in [0, 0.05) is 28.9 Å². The van der Waals surface area contributed by atoms with Gasteiger partial charge in [-0.05, 0) is 54.6 Å². The zero-order valence-corrected chi connectivity index (χ0v) is 15.2. The van der Waals surface area contributed by atoms with Gasteiger partial charge in [0.25, 0.3) is 11.8 Å². The van der Waals surface area contributed by atoms with Crippen molar-refractivity contribution in [2.75, 3.05) is 12.4 Å². The Kier molecular flexibility index (Phi) is 6.01. The van der Waals surface area contributed by atoms with Crippen molar-refractivity contribution in [3.05, 3.63) is 95.3 Å². The quantitative estimate of drug-likeness (QED) is 0.681. The van der Waals surface area contributed by atoms with Crippen LogP contribution in [0.25, 0.3) is 0 Å². The summed E-state index contributed by atoms with van der Waals surface area (Å²) >= 11 is 0. The largest absolute Gasteiger partial charge is 0.496 e. The zero-order chi connectivity index (χ0) is 19.9. The Morgan fingerprint density at radius 1 is 0.857 bits per heavy atom. The van der Waals surface area contributed by atoms with E-state index in [2.05, 4.69) is 10.6 Å². The maximum atomic E-state index is 12.9. The molecule has 0 saturated heterocycles. The number of halogens is 1. The molecule has 0 heterocycles. The fraction of sp³-hybridized carbons (Fsp3) is 0.0909. The minimum atomic E-state index is -0.374. The normalized spacial score (nSPS) is 10.2. The Labute approximate surface area is 162 Å². The summed E-state index contributed by atoms with van der Waals surface area (Å²) in [5.41, 5.74) is 2.19. The number of hydrogen-bond donors (Lipinski definition) is 2. The first-order chi connectivity index (χ1) is 13.6. The van der Waals surface area contributed by atoms with Crippen LogP contribution >= 0.6 is 0 Å². The lowest BCUT2D eigenvalue weighted by Gasteiger charge is -2.10. The molecule has 0 saturated carbocycles. The van der Waals surface area contributed by atoms with Gasteiger partial charge in [0.2, 0.25) is 0 Å². The van der Waals surface area contributed by atoms with E-state index in [4.69, 9.17) is 4.74 Å². The number of amides is 2. The van der Waals surface area contributed by atoms with Crippen molar-refractivity contribution in [3.8, 4) is 5.75 Å². The molecule has 28 heavy (non-hydrogen) atoms. The van der Waals surface area contributed by atoms with Crippen molar-refractivity contribution in [1.82, 2.24) is 5.32 Å². The fourth-order valence-electron chi connectivity index (χ4n) is 2.64. The molecule has 0 unspecified atom stereocenters. The van der Waals surface area contributed by atoms with E-state index in [-0.39, 0.29) is 17.6 Å². The second-order valence-electron chi connectivity index (χ2n) is 6.03. The topological polar surface area (TPSA) is 67.4 Å². The van der Waals surface area contributed by atoms with Gasteiger partial charge in [-0.25, -0.2) is 4.39 Å². The van der Waals surface area contributed by atoms with Crippen LogP contribution in [-0.4, -0.2) is 18.9 Å². The number of rotatable bonds is 6. The van der Waals surface area contributed by atoms with Gasteiger partial charge < -0.3 is 15.4 Å². The number of hydrogen-bond acceptors (Lipinski definition) is 3. The second-order valence-corrected chi connectivity index (χ2v) is 6.03. The van der Waals surface area contributed by atoms with Crippen molar-refractivity contribution in [3.63, 3.8) is 0 Å². The van der Waals surface area contributed by atoms with E-state index in [0.29, 0.717) is 29.1 Å². The Morgan fingerprint density at radius 3 is 2.11 bits per heavy atom. The van der Waals surface area contributed by atoms with Crippen LogP contribution in [0, 0.1) is 5.82 Å². The summed E-state index contributed by atoms with van der Waals surface area (Å²) in [4.78, 5) is 24.6. The first kappa shape index (κ1) is 19.1. The summed E-state index contributed by atoms with van der Waals surface area (Å²) in [7, 11) is 1.58. The van der Waals surface area contributed by atoms with Crippen LogP contribution in [0.3, 0.4) is 0 Å². The predicted octanol–water partition coefficient (Wildman–Crippen LogP) is 4.02. The molecule has 0 radical (unpaired) electrons. The van der Waals surface area contributed by atoms with Crippen LogP contribution in [0.5, 0.6) is 5.75 Å². The highest BCUT2D eigenvalue weighted by atomic mass is 19.1. The van der Waals surface area contributed by atoms with Crippen LogP contribution in [0.15, 0.2) is 72.8 Å². The number of carbonyl (C=O) groups excluding carboxylic acids is 2. The zero-order valence-electron chi connectivity index (χ0n) is 15.2. The number of carbonyl (C=O) groups is 2. The maximum Gasteiger partial charge on any atom is 0.255 e. The highest BCUT2D eigenvalue weighted by molar-refractivity contribution is 6.05. The molecule has 3 aromatic rings. The molecule has 0 aliphatic carbocycles. The van der Waals surface area contributed by atoms with Gasteiger partial charge in [0.15, 0.2) is 0 Å². The van der Waals surface area contributed by atoms with Crippen molar-refractivity contribution >= 4 is 17.5 Å². The molecular weight excluding hydrogens is 359 g/mol. The molecule has 2 N–H and O–H groups in total. The van der Waals surface area contributed by atoms with E-state index in [1.54, 1.807) is 31.4 Å². The average Bonchev–Trinajstić information content (AvgIpc) is 2.74. The average molecular weight is 378 g/mol. The number of methoxy groups -OCH3 is 1. The molecule has 0 aromatic heterocycles. The molecule has 3 rings (SSSR count). The Balaban J connectivity index is 1.60. The van der Waals surface area contributed by atoms with E-state index in [9.17, 15) is 14.0 Å². The highest BCUT2D eigenvalue weighted by Gasteiger charge is 2.10. The first-order valence-corrected chi connectivity index (χ1v) is 8.64. The van der Waals surface area contributed by atoms with Gasteiger partial charge >= 0.3 is 0 Å². The molecule has 6 heteroatoms. The van der Waals surface area contributed by atoms with E-state index in [1.165, 1.54) is 24.3 Å². The predicted molar refractivity (Wildman–Crippen MR) is 105 cm³/mol. The number of anilines is 1. The van der Waals surface area contributed by atoms with Crippen molar-refractivity contribution in [2.45, 2.75) is 6.54 Å². The lowest BCUT2D eigenvalue weighted by atomic mass is 10.1. The van der Waals surface area contributed by atoms with Crippen LogP contribution in [0.2, 0.25) is 0 Å². The SMILES string of the molecule is COc1ccccc1CNC(=O)c1ccc(C(=O)Nc2ccc(F)cc2)cc1. The summed E-state index contributed by atoms with van der Waals surface area (Å²) in [6, 6.07) is 19.2. The molecule has 0 spiro atoms. The number of ether oxygens (including phenoxy) is 1. The van der Waals surface area contributed by atoms with E-state index >= 15 is 0 Å². The monoisotopic (exact) mass is 378 g/mol. The number of para-hydroxylation sites is 1. The minimum Gasteiger partial charge on any atom is -0.496 e. The smallest absolute Gasteiger partial charge is 0.255 e. The van der Waals surface area contributed by atoms with Gasteiger partial charge in [-0.2, -0.15) is 0 Å².